The van der Waals surface area contributed by atoms with E-state index in [1.165, 1.54) is 19.4 Å². The normalized spacial score (nSPS) is 16.6. The van der Waals surface area contributed by atoms with Gasteiger partial charge in [0.25, 0.3) is 0 Å². The molecule has 0 N–H and O–H groups in total. The van der Waals surface area contributed by atoms with Crippen molar-refractivity contribution in [1.82, 2.24) is 0 Å². The van der Waals surface area contributed by atoms with Crippen LogP contribution in [0.25, 0.3) is 0 Å². The monoisotopic (exact) mass is 111 g/mol. The average Bonchev–Trinajstić information content (AvgIpc) is 2.14. The highest BCUT2D eigenvalue weighted by Gasteiger charge is 2.09. The molecule has 0 aromatic carbocycles. The van der Waals surface area contributed by atoms with E-state index in [4.69, 9.17) is 0 Å². The summed E-state index contributed by atoms with van der Waals surface area (Å²) in [5, 5.41) is 0. The van der Waals surface area contributed by atoms with E-state index in [0.29, 0.717) is 5.76 Å². The van der Waals surface area contributed by atoms with E-state index in [9.17, 15) is 4.79 Å². The van der Waals surface area contributed by atoms with E-state index >= 15 is 0 Å². The van der Waals surface area contributed by atoms with Crippen LogP contribution in [0, 0.1) is 0 Å². The molecule has 1 aliphatic rings. The smallest absolute Gasteiger partial charge is 0.312 e. The minimum atomic E-state index is -0.299. The van der Waals surface area contributed by atoms with Crippen LogP contribution < -0.4 is 0 Å². The first-order valence-electron chi connectivity index (χ1n) is 2.17. The molecule has 3 nitrogen and oxygen atoms in total. The molecule has 1 amide bonds. The molecular formula is C5H5NO2. The van der Waals surface area contributed by atoms with E-state index < -0.39 is 0 Å². The van der Waals surface area contributed by atoms with Crippen molar-refractivity contribution in [2.24, 2.45) is 4.99 Å². The number of rotatable bonds is 1. The van der Waals surface area contributed by atoms with Crippen molar-refractivity contribution in [3.05, 3.63) is 11.8 Å². The van der Waals surface area contributed by atoms with Crippen LogP contribution in [0.2, 0.25) is 0 Å². The number of aliphatic imine (C=N–C) groups is 1. The van der Waals surface area contributed by atoms with Gasteiger partial charge in [0.1, 0.15) is 0 Å². The maximum Gasteiger partial charge on any atom is 0.312 e. The molecular weight excluding hydrogens is 106 g/mol. The number of hydrogen-bond acceptors (Lipinski definition) is 2. The van der Waals surface area contributed by atoms with Crippen molar-refractivity contribution < 1.29 is 9.53 Å². The van der Waals surface area contributed by atoms with Crippen LogP contribution in [-0.2, 0) is 9.53 Å². The average molecular weight is 111 g/mol. The summed E-state index contributed by atoms with van der Waals surface area (Å²) in [4.78, 5) is 13.8. The minimum absolute atomic E-state index is 0.299. The van der Waals surface area contributed by atoms with E-state index in [1.54, 1.807) is 0 Å². The molecule has 0 atom stereocenters. The molecule has 42 valence electrons. The molecule has 1 heterocycles. The topological polar surface area (TPSA) is 38.7 Å². The van der Waals surface area contributed by atoms with Gasteiger partial charge in [-0.2, -0.15) is 0 Å². The predicted molar refractivity (Wildman–Crippen MR) is 28.6 cm³/mol. The van der Waals surface area contributed by atoms with Gasteiger partial charge in [-0.25, -0.2) is 4.99 Å². The van der Waals surface area contributed by atoms with Crippen molar-refractivity contribution in [3.63, 3.8) is 0 Å². The summed E-state index contributed by atoms with van der Waals surface area (Å²) >= 11 is 0. The lowest BCUT2D eigenvalue weighted by atomic mass is 10.5. The first-order chi connectivity index (χ1) is 3.84. The standard InChI is InChI=1S/C5H5NO2/c1-8-4-2-3-6-5(4)7/h2-3H,1H3. The zero-order chi connectivity index (χ0) is 5.98. The second-order valence-electron chi connectivity index (χ2n) is 1.32. The maximum atomic E-state index is 10.4. The summed E-state index contributed by atoms with van der Waals surface area (Å²) in [7, 11) is 1.44. The second kappa shape index (κ2) is 1.78. The molecule has 0 aromatic heterocycles. The van der Waals surface area contributed by atoms with Crippen molar-refractivity contribution in [3.8, 4) is 0 Å². The number of methoxy groups -OCH3 is 1. The van der Waals surface area contributed by atoms with Crippen LogP contribution >= 0.6 is 0 Å². The van der Waals surface area contributed by atoms with Gasteiger partial charge in [-0.1, -0.05) is 0 Å². The zero-order valence-corrected chi connectivity index (χ0v) is 4.42. The van der Waals surface area contributed by atoms with Gasteiger partial charge in [-0.05, 0) is 0 Å². The number of hydrogen-bond donors (Lipinski definition) is 0. The summed E-state index contributed by atoms with van der Waals surface area (Å²) in [5.41, 5.74) is 0. The first kappa shape index (κ1) is 5.03. The van der Waals surface area contributed by atoms with Crippen LogP contribution in [0.1, 0.15) is 0 Å². The van der Waals surface area contributed by atoms with Gasteiger partial charge in [0, 0.05) is 12.3 Å². The lowest BCUT2D eigenvalue weighted by Gasteiger charge is -1.91. The summed E-state index contributed by atoms with van der Waals surface area (Å²) in [6.45, 7) is 0. The molecule has 0 radical (unpaired) electrons. The summed E-state index contributed by atoms with van der Waals surface area (Å²) in [6, 6.07) is 0. The highest BCUT2D eigenvalue weighted by molar-refractivity contribution is 6.06. The van der Waals surface area contributed by atoms with E-state index in [2.05, 4.69) is 9.73 Å². The second-order valence-corrected chi connectivity index (χ2v) is 1.32. The number of ether oxygens (including phenoxy) is 1. The number of allylic oxidation sites excluding steroid dienone is 1. The van der Waals surface area contributed by atoms with Gasteiger partial charge < -0.3 is 4.74 Å². The van der Waals surface area contributed by atoms with Crippen LogP contribution in [0.3, 0.4) is 0 Å². The number of amides is 1. The fourth-order valence-corrected chi connectivity index (χ4v) is 0.463. The zero-order valence-electron chi connectivity index (χ0n) is 4.42. The van der Waals surface area contributed by atoms with Gasteiger partial charge in [0.15, 0.2) is 5.76 Å². The molecule has 0 aromatic rings. The lowest BCUT2D eigenvalue weighted by molar-refractivity contribution is -0.116. The van der Waals surface area contributed by atoms with Crippen LogP contribution in [0.5, 0.6) is 0 Å². The Morgan fingerprint density at radius 2 is 2.50 bits per heavy atom. The molecule has 0 bridgehead atoms. The Balaban J connectivity index is 2.73. The Hall–Kier alpha value is -1.12. The van der Waals surface area contributed by atoms with Gasteiger partial charge in [-0.3, -0.25) is 4.79 Å². The highest BCUT2D eigenvalue weighted by atomic mass is 16.5. The van der Waals surface area contributed by atoms with Gasteiger partial charge >= 0.3 is 5.91 Å². The number of carbonyl (C=O) groups is 1. The molecule has 0 fully saturated rings. The summed E-state index contributed by atoms with van der Waals surface area (Å²) < 4.78 is 4.61. The highest BCUT2D eigenvalue weighted by Crippen LogP contribution is 2.01. The van der Waals surface area contributed by atoms with Crippen molar-refractivity contribution in [1.29, 1.82) is 0 Å². The third-order valence-corrected chi connectivity index (χ3v) is 0.848. The molecule has 0 saturated heterocycles. The third kappa shape index (κ3) is 0.621. The molecule has 3 heteroatoms. The van der Waals surface area contributed by atoms with Crippen LogP contribution in [-0.4, -0.2) is 19.2 Å². The van der Waals surface area contributed by atoms with E-state index in [1.807, 2.05) is 0 Å². The van der Waals surface area contributed by atoms with Gasteiger partial charge in [-0.15, -0.1) is 0 Å². The molecule has 0 aliphatic carbocycles. The first-order valence-corrected chi connectivity index (χ1v) is 2.17. The molecule has 0 unspecified atom stereocenters. The fraction of sp³-hybridized carbons (Fsp3) is 0.200. The van der Waals surface area contributed by atoms with Crippen molar-refractivity contribution in [2.75, 3.05) is 7.11 Å². The Bertz CT molecular complexity index is 169. The quantitative estimate of drug-likeness (QED) is 0.482. The molecule has 8 heavy (non-hydrogen) atoms. The predicted octanol–water partition coefficient (Wildman–Crippen LogP) is 0.128. The number of carbonyl (C=O) groups excluding carboxylic acids is 1. The molecule has 1 aliphatic heterocycles. The van der Waals surface area contributed by atoms with Crippen LogP contribution in [0.4, 0.5) is 0 Å². The largest absolute Gasteiger partial charge is 0.491 e. The van der Waals surface area contributed by atoms with Gasteiger partial charge in [0.05, 0.1) is 7.11 Å². The fourth-order valence-electron chi connectivity index (χ4n) is 0.463. The maximum absolute atomic E-state index is 10.4. The van der Waals surface area contributed by atoms with E-state index in [0.717, 1.165) is 0 Å². The van der Waals surface area contributed by atoms with Gasteiger partial charge in [0.2, 0.25) is 0 Å². The third-order valence-electron chi connectivity index (χ3n) is 0.848. The minimum Gasteiger partial charge on any atom is -0.491 e. The molecule has 1 rings (SSSR count). The van der Waals surface area contributed by atoms with Crippen LogP contribution in [0.15, 0.2) is 16.8 Å². The van der Waals surface area contributed by atoms with Crippen molar-refractivity contribution >= 4 is 12.1 Å². The summed E-state index contributed by atoms with van der Waals surface area (Å²) in [6.07, 6.45) is 2.95. The van der Waals surface area contributed by atoms with Crippen molar-refractivity contribution in [2.45, 2.75) is 0 Å². The number of nitrogens with zero attached hydrogens (tertiary/aromatic N) is 1. The SMILES string of the molecule is COC1=CC=NC1=O. The molecule has 0 spiro atoms. The van der Waals surface area contributed by atoms with E-state index in [-0.39, 0.29) is 5.91 Å². The lowest BCUT2D eigenvalue weighted by Crippen LogP contribution is -1.94. The Morgan fingerprint density at radius 1 is 1.75 bits per heavy atom. The Labute approximate surface area is 46.7 Å². The molecule has 0 saturated carbocycles. The Morgan fingerprint density at radius 3 is 2.75 bits per heavy atom. The Kier molecular flexibility index (Phi) is 1.12. The summed E-state index contributed by atoms with van der Waals surface area (Å²) in [5.74, 6) is 0.0116.